The number of fused-ring (bicyclic) bond motifs is 1. The number of anilines is 1. The van der Waals surface area contributed by atoms with Crippen LogP contribution in [0.1, 0.15) is 35.9 Å². The van der Waals surface area contributed by atoms with Crippen LogP contribution in [0.15, 0.2) is 12.3 Å². The zero-order valence-corrected chi connectivity index (χ0v) is 12.2. The van der Waals surface area contributed by atoms with Crippen molar-refractivity contribution in [2.24, 2.45) is 11.8 Å². The summed E-state index contributed by atoms with van der Waals surface area (Å²) in [5.41, 5.74) is 6.54. The number of nitrogen functional groups attached to an aromatic ring is 1. The first-order valence-corrected chi connectivity index (χ1v) is 7.74. The molecule has 0 aromatic carbocycles. The van der Waals surface area contributed by atoms with E-state index in [-0.39, 0.29) is 5.91 Å². The smallest absolute Gasteiger partial charge is 0.263 e. The molecular formula is C14H18N4OS. The molecule has 6 heteroatoms. The molecule has 1 fully saturated rings. The summed E-state index contributed by atoms with van der Waals surface area (Å²) in [6.07, 6.45) is 5.26. The van der Waals surface area contributed by atoms with Crippen molar-refractivity contribution in [2.75, 3.05) is 12.3 Å². The largest absolute Gasteiger partial charge is 0.397 e. The minimum absolute atomic E-state index is 0.0925. The van der Waals surface area contributed by atoms with Crippen LogP contribution < -0.4 is 11.1 Å². The van der Waals surface area contributed by atoms with Crippen LogP contribution in [-0.4, -0.2) is 22.6 Å². The molecule has 2 unspecified atom stereocenters. The lowest BCUT2D eigenvalue weighted by atomic mass is 10.1. The molecule has 0 aliphatic heterocycles. The number of nitrogens with two attached hydrogens (primary N) is 1. The Hall–Kier alpha value is -1.69. The van der Waals surface area contributed by atoms with Gasteiger partial charge >= 0.3 is 0 Å². The van der Waals surface area contributed by atoms with Crippen molar-refractivity contribution in [1.82, 2.24) is 15.5 Å². The predicted octanol–water partition coefficient (Wildman–Crippen LogP) is 2.44. The number of hydrogen-bond donors (Lipinski definition) is 2. The van der Waals surface area contributed by atoms with Gasteiger partial charge in [0.05, 0.1) is 11.9 Å². The standard InChI is InChI=1S/C14H18N4OS/c1-8-2-3-9(6-8)7-16-13(19)12-11(15)10-4-5-17-18-14(10)20-12/h4-5,8-9H,2-3,6-7,15H2,1H3,(H,16,19). The van der Waals surface area contributed by atoms with Crippen LogP contribution in [0, 0.1) is 11.8 Å². The second kappa shape index (κ2) is 5.36. The zero-order chi connectivity index (χ0) is 14.1. The second-order valence-electron chi connectivity index (χ2n) is 5.59. The van der Waals surface area contributed by atoms with Crippen LogP contribution in [0.5, 0.6) is 0 Å². The predicted molar refractivity (Wildman–Crippen MR) is 80.7 cm³/mol. The fourth-order valence-corrected chi connectivity index (χ4v) is 3.82. The van der Waals surface area contributed by atoms with E-state index in [0.717, 1.165) is 17.8 Å². The average Bonchev–Trinajstić information content (AvgIpc) is 3.01. The quantitative estimate of drug-likeness (QED) is 0.909. The van der Waals surface area contributed by atoms with Crippen LogP contribution in [0.4, 0.5) is 5.69 Å². The Morgan fingerprint density at radius 1 is 1.55 bits per heavy atom. The second-order valence-corrected chi connectivity index (χ2v) is 6.59. The lowest BCUT2D eigenvalue weighted by Crippen LogP contribution is -2.28. The Morgan fingerprint density at radius 3 is 3.10 bits per heavy atom. The molecule has 5 nitrogen and oxygen atoms in total. The van der Waals surface area contributed by atoms with Gasteiger partial charge in [-0.15, -0.1) is 16.4 Å². The van der Waals surface area contributed by atoms with Gasteiger partial charge in [0, 0.05) is 11.9 Å². The summed E-state index contributed by atoms with van der Waals surface area (Å²) in [5.74, 6) is 1.29. The van der Waals surface area contributed by atoms with Crippen molar-refractivity contribution >= 4 is 33.1 Å². The third-order valence-electron chi connectivity index (χ3n) is 3.98. The molecule has 1 aliphatic carbocycles. The van der Waals surface area contributed by atoms with Gasteiger partial charge in [-0.3, -0.25) is 4.79 Å². The maximum Gasteiger partial charge on any atom is 0.263 e. The molecule has 2 heterocycles. The van der Waals surface area contributed by atoms with Gasteiger partial charge < -0.3 is 11.1 Å². The van der Waals surface area contributed by atoms with Crippen LogP contribution in [0.25, 0.3) is 10.2 Å². The monoisotopic (exact) mass is 290 g/mol. The van der Waals surface area contributed by atoms with Crippen molar-refractivity contribution in [3.05, 3.63) is 17.1 Å². The highest BCUT2D eigenvalue weighted by Gasteiger charge is 2.23. The van der Waals surface area contributed by atoms with Crippen molar-refractivity contribution < 1.29 is 4.79 Å². The maximum atomic E-state index is 12.2. The first kappa shape index (κ1) is 13.3. The van der Waals surface area contributed by atoms with Gasteiger partial charge in [-0.2, -0.15) is 5.10 Å². The van der Waals surface area contributed by atoms with Gasteiger partial charge in [0.25, 0.3) is 5.91 Å². The maximum absolute atomic E-state index is 12.2. The Bertz CT molecular complexity index is 639. The molecule has 1 aliphatic rings. The van der Waals surface area contributed by atoms with Crippen LogP contribution >= 0.6 is 11.3 Å². The van der Waals surface area contributed by atoms with Gasteiger partial charge in [-0.25, -0.2) is 0 Å². The number of carbonyl (C=O) groups is 1. The molecule has 2 aromatic rings. The summed E-state index contributed by atoms with van der Waals surface area (Å²) in [6, 6.07) is 1.80. The van der Waals surface area contributed by atoms with E-state index in [4.69, 9.17) is 5.73 Å². The van der Waals surface area contributed by atoms with Gasteiger partial charge in [-0.1, -0.05) is 13.3 Å². The molecule has 20 heavy (non-hydrogen) atoms. The SMILES string of the molecule is CC1CCC(CNC(=O)c2sc3nnccc3c2N)C1. The van der Waals surface area contributed by atoms with Gasteiger partial charge in [0.2, 0.25) is 0 Å². The molecule has 3 rings (SSSR count). The molecule has 0 radical (unpaired) electrons. The average molecular weight is 290 g/mol. The Morgan fingerprint density at radius 2 is 2.40 bits per heavy atom. The fraction of sp³-hybridized carbons (Fsp3) is 0.500. The summed E-state index contributed by atoms with van der Waals surface area (Å²) in [7, 11) is 0. The number of aromatic nitrogens is 2. The van der Waals surface area contributed by atoms with Gasteiger partial charge in [0.1, 0.15) is 9.71 Å². The van der Waals surface area contributed by atoms with Crippen molar-refractivity contribution in [2.45, 2.75) is 26.2 Å². The molecule has 0 spiro atoms. The lowest BCUT2D eigenvalue weighted by molar-refractivity contribution is 0.0952. The first-order chi connectivity index (χ1) is 9.65. The normalized spacial score (nSPS) is 22.2. The molecule has 3 N–H and O–H groups in total. The number of nitrogens with zero attached hydrogens (tertiary/aromatic N) is 2. The highest BCUT2D eigenvalue weighted by atomic mass is 32.1. The molecular weight excluding hydrogens is 272 g/mol. The molecule has 1 saturated carbocycles. The van der Waals surface area contributed by atoms with Crippen molar-refractivity contribution in [3.63, 3.8) is 0 Å². The van der Waals surface area contributed by atoms with Crippen molar-refractivity contribution in [1.29, 1.82) is 0 Å². The van der Waals surface area contributed by atoms with Gasteiger partial charge in [0.15, 0.2) is 0 Å². The zero-order valence-electron chi connectivity index (χ0n) is 11.4. The summed E-state index contributed by atoms with van der Waals surface area (Å²) >= 11 is 1.30. The lowest BCUT2D eigenvalue weighted by Gasteiger charge is -2.10. The molecule has 2 aromatic heterocycles. The molecule has 2 atom stereocenters. The number of rotatable bonds is 3. The summed E-state index contributed by atoms with van der Waals surface area (Å²) in [5, 5.41) is 11.6. The van der Waals surface area contributed by atoms with E-state index in [1.165, 1.54) is 30.6 Å². The fourth-order valence-electron chi connectivity index (χ4n) is 2.87. The van der Waals surface area contributed by atoms with E-state index in [2.05, 4.69) is 22.4 Å². The number of nitrogens with one attached hydrogen (secondary N) is 1. The molecule has 1 amide bonds. The van der Waals surface area contributed by atoms with E-state index in [1.54, 1.807) is 12.3 Å². The number of hydrogen-bond acceptors (Lipinski definition) is 5. The minimum atomic E-state index is -0.0925. The summed E-state index contributed by atoms with van der Waals surface area (Å²) < 4.78 is 0. The van der Waals surface area contributed by atoms with E-state index in [1.807, 2.05) is 0 Å². The van der Waals surface area contributed by atoms with E-state index >= 15 is 0 Å². The first-order valence-electron chi connectivity index (χ1n) is 6.93. The Balaban J connectivity index is 1.71. The highest BCUT2D eigenvalue weighted by Crippen LogP contribution is 2.32. The van der Waals surface area contributed by atoms with Crippen LogP contribution in [-0.2, 0) is 0 Å². The topological polar surface area (TPSA) is 80.9 Å². The number of amides is 1. The summed E-state index contributed by atoms with van der Waals surface area (Å²) in [4.78, 5) is 13.5. The third kappa shape index (κ3) is 2.47. The Kier molecular flexibility index (Phi) is 3.56. The Labute approximate surface area is 121 Å². The van der Waals surface area contributed by atoms with Crippen molar-refractivity contribution in [3.8, 4) is 0 Å². The minimum Gasteiger partial charge on any atom is -0.397 e. The van der Waals surface area contributed by atoms with E-state index < -0.39 is 0 Å². The van der Waals surface area contributed by atoms with E-state index in [9.17, 15) is 4.79 Å². The van der Waals surface area contributed by atoms with Gasteiger partial charge in [-0.05, 0) is 30.7 Å². The summed E-state index contributed by atoms with van der Waals surface area (Å²) in [6.45, 7) is 3.01. The van der Waals surface area contributed by atoms with E-state index in [0.29, 0.717) is 21.3 Å². The molecule has 106 valence electrons. The van der Waals surface area contributed by atoms with Crippen LogP contribution in [0.2, 0.25) is 0 Å². The third-order valence-corrected chi connectivity index (χ3v) is 5.09. The molecule has 0 bridgehead atoms. The number of thiophene rings is 1. The number of carbonyl (C=O) groups excluding carboxylic acids is 1. The highest BCUT2D eigenvalue weighted by molar-refractivity contribution is 7.21. The molecule has 0 saturated heterocycles. The van der Waals surface area contributed by atoms with Crippen LogP contribution in [0.3, 0.4) is 0 Å².